The van der Waals surface area contributed by atoms with E-state index >= 15 is 4.39 Å². The van der Waals surface area contributed by atoms with Gasteiger partial charge in [0, 0.05) is 43.5 Å². The number of ether oxygens (including phenoxy) is 2. The Morgan fingerprint density at radius 1 is 0.818 bits per heavy atom. The average Bonchev–Trinajstić information content (AvgIpc) is 3.18. The number of aliphatic imine (C=N–C) groups is 1. The van der Waals surface area contributed by atoms with Crippen molar-refractivity contribution in [1.82, 2.24) is 4.90 Å². The van der Waals surface area contributed by atoms with E-state index in [2.05, 4.69) is 11.8 Å². The van der Waals surface area contributed by atoms with Gasteiger partial charge in [0.25, 0.3) is 0 Å². The maximum atomic E-state index is 15.8. The highest BCUT2D eigenvalue weighted by Crippen LogP contribution is 2.48. The largest absolute Gasteiger partial charge is 0.497 e. The quantitative estimate of drug-likeness (QED) is 0.0961. The molecule has 0 aliphatic carbocycles. The SMILES string of the molecule is CCCCCCCCCCCCCCC(C(=O)O)[C@H]1c2cccc(F)c2N=C(N2CCN(c3cccc(OC)c3)CC2)N1c1cc(C(F)(F)F)ccc1OC. The number of para-hydroxylation sites is 1. The maximum absolute atomic E-state index is 15.8. The van der Waals surface area contributed by atoms with Crippen LogP contribution < -0.4 is 19.3 Å². The molecule has 0 amide bonds. The third-order valence-corrected chi connectivity index (χ3v) is 10.9. The third-order valence-electron chi connectivity index (χ3n) is 10.9. The lowest BCUT2D eigenvalue weighted by atomic mass is 9.85. The van der Waals surface area contributed by atoms with E-state index < -0.39 is 35.5 Å². The van der Waals surface area contributed by atoms with Crippen molar-refractivity contribution >= 4 is 29.0 Å². The molecule has 1 saturated heterocycles. The fourth-order valence-electron chi connectivity index (χ4n) is 7.83. The fraction of sp³-hybridized carbons (Fsp3) is 0.535. The van der Waals surface area contributed by atoms with E-state index in [1.165, 1.54) is 70.3 Å². The van der Waals surface area contributed by atoms with E-state index in [0.29, 0.717) is 43.9 Å². The van der Waals surface area contributed by atoms with Gasteiger partial charge in [-0.3, -0.25) is 4.79 Å². The van der Waals surface area contributed by atoms with Gasteiger partial charge in [-0.15, -0.1) is 0 Å². The number of rotatable bonds is 19. The van der Waals surface area contributed by atoms with Crippen molar-refractivity contribution in [2.24, 2.45) is 10.9 Å². The van der Waals surface area contributed by atoms with Gasteiger partial charge in [-0.1, -0.05) is 102 Å². The van der Waals surface area contributed by atoms with Gasteiger partial charge >= 0.3 is 12.1 Å². The second kappa shape index (κ2) is 19.9. The Bertz CT molecular complexity index is 1730. The Morgan fingerprint density at radius 2 is 1.44 bits per heavy atom. The molecule has 3 aromatic rings. The molecule has 5 rings (SSSR count). The van der Waals surface area contributed by atoms with Crippen LogP contribution in [0, 0.1) is 11.7 Å². The van der Waals surface area contributed by atoms with Gasteiger partial charge in [-0.25, -0.2) is 9.38 Å². The van der Waals surface area contributed by atoms with Crippen LogP contribution in [0.4, 0.5) is 34.6 Å². The molecule has 2 atom stereocenters. The van der Waals surface area contributed by atoms with Crippen LogP contribution in [0.2, 0.25) is 0 Å². The Kier molecular flexibility index (Phi) is 15.1. The number of unbranched alkanes of at least 4 members (excludes halogenated alkanes) is 11. The Morgan fingerprint density at radius 3 is 2.04 bits per heavy atom. The van der Waals surface area contributed by atoms with Crippen LogP contribution in [-0.2, 0) is 11.0 Å². The molecular weight excluding hydrogens is 712 g/mol. The number of carboxylic acids is 1. The number of fused-ring (bicyclic) bond motifs is 1. The Labute approximate surface area is 323 Å². The molecule has 8 nitrogen and oxygen atoms in total. The van der Waals surface area contributed by atoms with E-state index in [9.17, 15) is 23.1 Å². The van der Waals surface area contributed by atoms with Crippen LogP contribution in [0.15, 0.2) is 65.7 Å². The lowest BCUT2D eigenvalue weighted by molar-refractivity contribution is -0.143. The maximum Gasteiger partial charge on any atom is 0.416 e. The van der Waals surface area contributed by atoms with Crippen LogP contribution in [-0.4, -0.2) is 62.3 Å². The molecule has 12 heteroatoms. The van der Waals surface area contributed by atoms with Crippen molar-refractivity contribution < 1.29 is 36.9 Å². The van der Waals surface area contributed by atoms with Gasteiger partial charge in [-0.05, 0) is 42.8 Å². The number of hydrogen-bond donors (Lipinski definition) is 1. The van der Waals surface area contributed by atoms with E-state index in [0.717, 1.165) is 43.5 Å². The highest BCUT2D eigenvalue weighted by atomic mass is 19.4. The second-order valence-corrected chi connectivity index (χ2v) is 14.6. The molecule has 0 spiro atoms. The number of piperazine rings is 1. The Balaban J connectivity index is 1.44. The summed E-state index contributed by atoms with van der Waals surface area (Å²) in [5.74, 6) is -1.81. The summed E-state index contributed by atoms with van der Waals surface area (Å²) in [6, 6.07) is 14.2. The summed E-state index contributed by atoms with van der Waals surface area (Å²) in [6.07, 6.45) is 8.97. The van der Waals surface area contributed by atoms with Gasteiger partial charge in [0.05, 0.1) is 37.4 Å². The smallest absolute Gasteiger partial charge is 0.416 e. The molecule has 2 aliphatic rings. The first-order valence-corrected chi connectivity index (χ1v) is 19.9. The van der Waals surface area contributed by atoms with E-state index in [4.69, 9.17) is 14.5 Å². The number of carbonyl (C=O) groups is 1. The molecule has 0 radical (unpaired) electrons. The molecule has 1 unspecified atom stereocenters. The molecule has 55 heavy (non-hydrogen) atoms. The number of nitrogens with zero attached hydrogens (tertiary/aromatic N) is 4. The minimum atomic E-state index is -4.68. The first-order chi connectivity index (χ1) is 26.6. The molecular formula is C43H56F4N4O4. The number of guanidine groups is 1. The molecule has 3 aromatic carbocycles. The van der Waals surface area contributed by atoms with Gasteiger partial charge < -0.3 is 29.3 Å². The first-order valence-electron chi connectivity index (χ1n) is 19.9. The highest BCUT2D eigenvalue weighted by molar-refractivity contribution is 6.02. The number of alkyl halides is 3. The second-order valence-electron chi connectivity index (χ2n) is 14.6. The molecule has 2 heterocycles. The first kappa shape index (κ1) is 41.7. The topological polar surface area (TPSA) is 77.8 Å². The highest BCUT2D eigenvalue weighted by Gasteiger charge is 2.44. The van der Waals surface area contributed by atoms with Crippen LogP contribution in [0.3, 0.4) is 0 Å². The summed E-state index contributed by atoms with van der Waals surface area (Å²) in [7, 11) is 2.97. The summed E-state index contributed by atoms with van der Waals surface area (Å²) in [5, 5.41) is 10.9. The van der Waals surface area contributed by atoms with Crippen LogP contribution >= 0.6 is 0 Å². The molecule has 0 aromatic heterocycles. The Hall–Kier alpha value is -4.48. The zero-order valence-corrected chi connectivity index (χ0v) is 32.4. The molecule has 0 bridgehead atoms. The van der Waals surface area contributed by atoms with Gasteiger partial charge in [0.15, 0.2) is 0 Å². The van der Waals surface area contributed by atoms with E-state index in [1.54, 1.807) is 18.1 Å². The van der Waals surface area contributed by atoms with Crippen LogP contribution in [0.5, 0.6) is 11.5 Å². The zero-order chi connectivity index (χ0) is 39.4. The van der Waals surface area contributed by atoms with Crippen LogP contribution in [0.1, 0.15) is 108 Å². The number of carboxylic acid groups (broad SMARTS) is 1. The van der Waals surface area contributed by atoms with Crippen molar-refractivity contribution in [1.29, 1.82) is 0 Å². The fourth-order valence-corrected chi connectivity index (χ4v) is 7.83. The summed E-state index contributed by atoms with van der Waals surface area (Å²) in [6.45, 7) is 4.04. The van der Waals surface area contributed by atoms with Gasteiger partial charge in [-0.2, -0.15) is 13.2 Å². The van der Waals surface area contributed by atoms with Crippen molar-refractivity contribution in [3.8, 4) is 11.5 Å². The molecule has 2 aliphatic heterocycles. The molecule has 300 valence electrons. The normalized spacial score (nSPS) is 16.5. The van der Waals surface area contributed by atoms with E-state index in [-0.39, 0.29) is 29.5 Å². The number of benzene rings is 3. The van der Waals surface area contributed by atoms with Crippen molar-refractivity contribution in [2.75, 3.05) is 50.2 Å². The summed E-state index contributed by atoms with van der Waals surface area (Å²) in [4.78, 5) is 23.8. The molecule has 1 fully saturated rings. The lowest BCUT2D eigenvalue weighted by Crippen LogP contribution is -2.56. The number of aliphatic carboxylic acids is 1. The van der Waals surface area contributed by atoms with Gasteiger partial charge in [0.1, 0.15) is 23.0 Å². The molecule has 1 N–H and O–H groups in total. The monoisotopic (exact) mass is 768 g/mol. The minimum absolute atomic E-state index is 0.000798. The van der Waals surface area contributed by atoms with Gasteiger partial charge in [0.2, 0.25) is 5.96 Å². The van der Waals surface area contributed by atoms with Crippen molar-refractivity contribution in [2.45, 2.75) is 103 Å². The predicted octanol–water partition coefficient (Wildman–Crippen LogP) is 11.0. The number of hydrogen-bond acceptors (Lipinski definition) is 7. The average molecular weight is 769 g/mol. The molecule has 0 saturated carbocycles. The standard InChI is InChI=1S/C43H56F4N4O4/c1-4-5-6-7-8-9-10-11-12-13-14-15-20-35(41(52)53)40-34-21-17-22-36(44)39(34)48-42(51(40)37-29-31(43(45,46)47)23-24-38(37)55-3)50-27-25-49(26-28-50)32-18-16-19-33(30-32)54-2/h16-19,21-24,29-30,35,40H,4-15,20,25-28H2,1-3H3,(H,52,53)/t35?,40-/m1/s1. The van der Waals surface area contributed by atoms with Crippen LogP contribution in [0.25, 0.3) is 0 Å². The number of methoxy groups -OCH3 is 2. The third kappa shape index (κ3) is 10.6. The summed E-state index contributed by atoms with van der Waals surface area (Å²) in [5.41, 5.74) is 0.364. The minimum Gasteiger partial charge on any atom is -0.497 e. The summed E-state index contributed by atoms with van der Waals surface area (Å²) >= 11 is 0. The number of anilines is 2. The zero-order valence-electron chi connectivity index (χ0n) is 32.4. The van der Waals surface area contributed by atoms with E-state index in [1.807, 2.05) is 29.2 Å². The van der Waals surface area contributed by atoms with Crippen molar-refractivity contribution in [3.05, 3.63) is 77.6 Å². The number of halogens is 4. The van der Waals surface area contributed by atoms with Crippen molar-refractivity contribution in [3.63, 3.8) is 0 Å². The summed E-state index contributed by atoms with van der Waals surface area (Å²) < 4.78 is 69.7. The lowest BCUT2D eigenvalue weighted by Gasteiger charge is -2.47. The predicted molar refractivity (Wildman–Crippen MR) is 210 cm³/mol.